The fourth-order valence-corrected chi connectivity index (χ4v) is 2.55. The van der Waals surface area contributed by atoms with Crippen LogP contribution < -0.4 is 0 Å². The second-order valence-corrected chi connectivity index (χ2v) is 6.14. The van der Waals surface area contributed by atoms with E-state index in [1.165, 1.54) is 0 Å². The van der Waals surface area contributed by atoms with Crippen molar-refractivity contribution in [2.75, 3.05) is 26.3 Å². The molecule has 0 saturated carbocycles. The maximum atomic E-state index is 12.4. The summed E-state index contributed by atoms with van der Waals surface area (Å²) in [6, 6.07) is 0. The second-order valence-electron chi connectivity index (χ2n) is 6.14. The van der Waals surface area contributed by atoms with E-state index in [4.69, 9.17) is 4.74 Å². The normalized spacial score (nSPS) is 17.1. The van der Waals surface area contributed by atoms with Crippen molar-refractivity contribution in [2.24, 2.45) is 0 Å². The van der Waals surface area contributed by atoms with Gasteiger partial charge < -0.3 is 9.64 Å². The Hall–Kier alpha value is -2.13. The number of carbonyl (C=O) groups excluding carboxylic acids is 1. The summed E-state index contributed by atoms with van der Waals surface area (Å²) in [5, 5.41) is 0. The topological polar surface area (TPSA) is 29.5 Å². The van der Waals surface area contributed by atoms with Crippen molar-refractivity contribution in [3.63, 3.8) is 0 Å². The molecule has 0 N–H and O–H groups in total. The summed E-state index contributed by atoms with van der Waals surface area (Å²) in [6.45, 7) is 18.9. The van der Waals surface area contributed by atoms with Gasteiger partial charge in [-0.2, -0.15) is 0 Å². The average molecular weight is 341 g/mol. The zero-order valence-corrected chi connectivity index (χ0v) is 16.1. The minimum absolute atomic E-state index is 0.0355. The molecule has 136 valence electrons. The van der Waals surface area contributed by atoms with Crippen LogP contribution in [0, 0.1) is 0 Å². The van der Waals surface area contributed by atoms with Crippen LogP contribution in [0.3, 0.4) is 0 Å². The van der Waals surface area contributed by atoms with Gasteiger partial charge in [-0.1, -0.05) is 44.4 Å². The number of morpholine rings is 1. The van der Waals surface area contributed by atoms with E-state index in [9.17, 15) is 4.79 Å². The van der Waals surface area contributed by atoms with Crippen LogP contribution in [0.15, 0.2) is 71.5 Å². The van der Waals surface area contributed by atoms with Crippen LogP contribution >= 0.6 is 0 Å². The first-order valence-corrected chi connectivity index (χ1v) is 8.86. The molecule has 0 aromatic rings. The van der Waals surface area contributed by atoms with Crippen LogP contribution in [-0.2, 0) is 9.53 Å². The summed E-state index contributed by atoms with van der Waals surface area (Å²) >= 11 is 0. The fourth-order valence-electron chi connectivity index (χ4n) is 2.55. The smallest absolute Gasteiger partial charge is 0.187 e. The maximum Gasteiger partial charge on any atom is 0.187 e. The third-order valence-corrected chi connectivity index (χ3v) is 4.11. The Kier molecular flexibility index (Phi) is 8.93. The molecule has 3 nitrogen and oxygen atoms in total. The molecule has 0 aromatic heterocycles. The van der Waals surface area contributed by atoms with Crippen LogP contribution in [0.4, 0.5) is 0 Å². The highest BCUT2D eigenvalue weighted by Crippen LogP contribution is 2.25. The Bertz CT molecular complexity index is 626. The third-order valence-electron chi connectivity index (χ3n) is 4.11. The van der Waals surface area contributed by atoms with Crippen molar-refractivity contribution in [2.45, 2.75) is 34.1 Å². The molecule has 1 aliphatic rings. The molecule has 1 fully saturated rings. The minimum Gasteiger partial charge on any atom is -0.378 e. The Morgan fingerprint density at radius 3 is 2.36 bits per heavy atom. The molecule has 0 aromatic carbocycles. The first-order chi connectivity index (χ1) is 11.9. The molecule has 0 radical (unpaired) electrons. The zero-order valence-electron chi connectivity index (χ0n) is 16.1. The molecular formula is C22H31NO2. The van der Waals surface area contributed by atoms with Gasteiger partial charge in [-0.25, -0.2) is 0 Å². The van der Waals surface area contributed by atoms with Crippen molar-refractivity contribution >= 4 is 5.78 Å². The van der Waals surface area contributed by atoms with Crippen LogP contribution in [0.2, 0.25) is 0 Å². The maximum absolute atomic E-state index is 12.4. The van der Waals surface area contributed by atoms with E-state index in [1.807, 2.05) is 25.2 Å². The van der Waals surface area contributed by atoms with E-state index in [1.54, 1.807) is 6.92 Å². The number of rotatable bonds is 8. The first-order valence-electron chi connectivity index (χ1n) is 8.86. The van der Waals surface area contributed by atoms with E-state index in [0.717, 1.165) is 36.4 Å². The van der Waals surface area contributed by atoms with Crippen LogP contribution in [0.25, 0.3) is 0 Å². The van der Waals surface area contributed by atoms with Gasteiger partial charge in [-0.15, -0.1) is 0 Å². The predicted octanol–water partition coefficient (Wildman–Crippen LogP) is 4.76. The number of carbonyl (C=O) groups is 1. The van der Waals surface area contributed by atoms with Gasteiger partial charge in [0.05, 0.1) is 13.2 Å². The highest BCUT2D eigenvalue weighted by atomic mass is 16.5. The van der Waals surface area contributed by atoms with Gasteiger partial charge in [0, 0.05) is 29.9 Å². The van der Waals surface area contributed by atoms with Crippen LogP contribution in [-0.4, -0.2) is 37.0 Å². The SMILES string of the molecule is C=C(C)C(=O)C(=CC)C=C(C(=C)N1CCOCC1)C(C)=CC=CCC. The van der Waals surface area contributed by atoms with Crippen molar-refractivity contribution in [3.05, 3.63) is 71.5 Å². The zero-order chi connectivity index (χ0) is 18.8. The Morgan fingerprint density at radius 2 is 1.84 bits per heavy atom. The molecular weight excluding hydrogens is 310 g/mol. The van der Waals surface area contributed by atoms with Gasteiger partial charge in [-0.05, 0) is 44.4 Å². The van der Waals surface area contributed by atoms with E-state index in [-0.39, 0.29) is 5.78 Å². The molecule has 1 heterocycles. The number of Topliss-reactive ketones (excluding diaryl/α,β-unsaturated/α-hetero) is 1. The van der Waals surface area contributed by atoms with Crippen molar-refractivity contribution < 1.29 is 9.53 Å². The molecule has 1 saturated heterocycles. The number of allylic oxidation sites excluding steroid dienone is 8. The molecule has 3 heteroatoms. The molecule has 1 aliphatic heterocycles. The van der Waals surface area contributed by atoms with Gasteiger partial charge in [-0.3, -0.25) is 4.79 Å². The predicted molar refractivity (Wildman–Crippen MR) is 106 cm³/mol. The van der Waals surface area contributed by atoms with E-state index >= 15 is 0 Å². The number of hydrogen-bond acceptors (Lipinski definition) is 3. The monoisotopic (exact) mass is 341 g/mol. The quantitative estimate of drug-likeness (QED) is 0.471. The second kappa shape index (κ2) is 10.7. The molecule has 0 amide bonds. The summed E-state index contributed by atoms with van der Waals surface area (Å²) in [5.41, 5.74) is 4.16. The summed E-state index contributed by atoms with van der Waals surface area (Å²) in [4.78, 5) is 14.6. The molecule has 0 spiro atoms. The largest absolute Gasteiger partial charge is 0.378 e. The van der Waals surface area contributed by atoms with Crippen molar-refractivity contribution in [1.82, 2.24) is 4.90 Å². The summed E-state index contributed by atoms with van der Waals surface area (Å²) in [5.74, 6) is -0.0355. The minimum atomic E-state index is -0.0355. The van der Waals surface area contributed by atoms with Gasteiger partial charge in [0.25, 0.3) is 0 Å². The lowest BCUT2D eigenvalue weighted by Crippen LogP contribution is -2.36. The summed E-state index contributed by atoms with van der Waals surface area (Å²) in [7, 11) is 0. The summed E-state index contributed by atoms with van der Waals surface area (Å²) in [6.07, 6.45) is 11.0. The van der Waals surface area contributed by atoms with E-state index in [0.29, 0.717) is 24.4 Å². The number of nitrogens with zero attached hydrogens (tertiary/aromatic N) is 1. The van der Waals surface area contributed by atoms with Crippen molar-refractivity contribution in [3.8, 4) is 0 Å². The van der Waals surface area contributed by atoms with Gasteiger partial charge >= 0.3 is 0 Å². The Morgan fingerprint density at radius 1 is 1.20 bits per heavy atom. The van der Waals surface area contributed by atoms with Crippen molar-refractivity contribution in [1.29, 1.82) is 0 Å². The van der Waals surface area contributed by atoms with Gasteiger partial charge in [0.1, 0.15) is 0 Å². The number of hydrogen-bond donors (Lipinski definition) is 0. The molecule has 25 heavy (non-hydrogen) atoms. The molecule has 0 aliphatic carbocycles. The number of ether oxygens (including phenoxy) is 1. The molecule has 0 unspecified atom stereocenters. The van der Waals surface area contributed by atoms with Gasteiger partial charge in [0.2, 0.25) is 0 Å². The summed E-state index contributed by atoms with van der Waals surface area (Å²) < 4.78 is 5.44. The van der Waals surface area contributed by atoms with Crippen LogP contribution in [0.5, 0.6) is 0 Å². The average Bonchev–Trinajstić information content (AvgIpc) is 2.62. The van der Waals surface area contributed by atoms with Gasteiger partial charge in [0.15, 0.2) is 5.78 Å². The van der Waals surface area contributed by atoms with E-state index in [2.05, 4.69) is 44.1 Å². The fraction of sp³-hybridized carbons (Fsp3) is 0.409. The Labute approximate surface area is 152 Å². The van der Waals surface area contributed by atoms with Crippen LogP contribution in [0.1, 0.15) is 34.1 Å². The Balaban J connectivity index is 3.25. The lowest BCUT2D eigenvalue weighted by Gasteiger charge is -2.32. The number of ketones is 1. The lowest BCUT2D eigenvalue weighted by molar-refractivity contribution is -0.111. The third kappa shape index (κ3) is 6.35. The van der Waals surface area contributed by atoms with E-state index < -0.39 is 0 Å². The highest BCUT2D eigenvalue weighted by molar-refractivity contribution is 6.09. The highest BCUT2D eigenvalue weighted by Gasteiger charge is 2.18. The molecule has 0 atom stereocenters. The first kappa shape index (κ1) is 20.9. The lowest BCUT2D eigenvalue weighted by atomic mass is 9.96. The standard InChI is InChI=1S/C22H31NO2/c1-7-9-10-11-18(5)21(16-20(8-2)22(24)17(3)4)19(6)23-12-14-25-15-13-23/h8-11,16H,3,6-7,12-15H2,1-2,4-5H3. The molecule has 0 bridgehead atoms. The molecule has 1 rings (SSSR count).